The molecule has 1 aliphatic heterocycles. The highest BCUT2D eigenvalue weighted by Gasteiger charge is 2.20. The van der Waals surface area contributed by atoms with Crippen LogP contribution >= 0.6 is 0 Å². The highest BCUT2D eigenvalue weighted by atomic mass is 32.2. The zero-order valence-electron chi connectivity index (χ0n) is 16.0. The quantitative estimate of drug-likeness (QED) is 0.591. The summed E-state index contributed by atoms with van der Waals surface area (Å²) in [4.78, 5) is 24.6. The minimum Gasteiger partial charge on any atom is -0.362 e. The molecule has 0 bridgehead atoms. The molecule has 0 atom stereocenters. The van der Waals surface area contributed by atoms with E-state index in [-0.39, 0.29) is 16.1 Å². The SMILES string of the molecule is Cc1cc(C(=O)Nc2ccc(S(=O)(=O)/N=C3/CCCN3C)cc2)ccc1[N+](=O)[O-]. The first-order valence-corrected chi connectivity index (χ1v) is 10.3. The van der Waals surface area contributed by atoms with E-state index >= 15 is 0 Å². The minimum atomic E-state index is -3.82. The van der Waals surface area contributed by atoms with E-state index in [0.717, 1.165) is 13.0 Å². The van der Waals surface area contributed by atoms with E-state index in [1.807, 2.05) is 4.90 Å². The van der Waals surface area contributed by atoms with Gasteiger partial charge in [0.1, 0.15) is 5.84 Å². The maximum Gasteiger partial charge on any atom is 0.283 e. The van der Waals surface area contributed by atoms with Crippen molar-refractivity contribution in [2.45, 2.75) is 24.7 Å². The summed E-state index contributed by atoms with van der Waals surface area (Å²) in [5.41, 5.74) is 0.974. The van der Waals surface area contributed by atoms with Gasteiger partial charge in [-0.15, -0.1) is 4.40 Å². The van der Waals surface area contributed by atoms with Gasteiger partial charge in [-0.25, -0.2) is 0 Å². The number of rotatable bonds is 5. The molecule has 0 spiro atoms. The molecule has 29 heavy (non-hydrogen) atoms. The zero-order valence-corrected chi connectivity index (χ0v) is 16.8. The van der Waals surface area contributed by atoms with Crippen LogP contribution < -0.4 is 5.32 Å². The van der Waals surface area contributed by atoms with Crippen molar-refractivity contribution in [1.29, 1.82) is 0 Å². The molecule has 152 valence electrons. The van der Waals surface area contributed by atoms with Crippen LogP contribution in [0.3, 0.4) is 0 Å². The minimum absolute atomic E-state index is 0.0366. The fourth-order valence-corrected chi connectivity index (χ4v) is 4.11. The van der Waals surface area contributed by atoms with Gasteiger partial charge >= 0.3 is 0 Å². The maximum absolute atomic E-state index is 12.5. The second-order valence-corrected chi connectivity index (χ2v) is 8.35. The number of aryl methyl sites for hydroxylation is 1. The van der Waals surface area contributed by atoms with E-state index in [2.05, 4.69) is 9.71 Å². The van der Waals surface area contributed by atoms with Gasteiger partial charge in [-0.2, -0.15) is 8.42 Å². The molecule has 1 aliphatic rings. The summed E-state index contributed by atoms with van der Waals surface area (Å²) in [6.45, 7) is 2.33. The first kappa shape index (κ1) is 20.5. The van der Waals surface area contributed by atoms with Gasteiger partial charge in [0, 0.05) is 42.9 Å². The van der Waals surface area contributed by atoms with Crippen molar-refractivity contribution in [3.05, 3.63) is 63.7 Å². The normalized spacial score (nSPS) is 15.5. The van der Waals surface area contributed by atoms with Crippen molar-refractivity contribution in [2.24, 2.45) is 4.40 Å². The highest BCUT2D eigenvalue weighted by molar-refractivity contribution is 7.90. The molecule has 0 aromatic heterocycles. The number of nitro groups is 1. The molecule has 3 rings (SSSR count). The van der Waals surface area contributed by atoms with Crippen molar-refractivity contribution in [3.63, 3.8) is 0 Å². The fraction of sp³-hybridized carbons (Fsp3) is 0.263. The van der Waals surface area contributed by atoms with Crippen LogP contribution in [-0.2, 0) is 10.0 Å². The monoisotopic (exact) mass is 416 g/mol. The van der Waals surface area contributed by atoms with Crippen LogP contribution in [0.5, 0.6) is 0 Å². The molecular formula is C19H20N4O5S. The van der Waals surface area contributed by atoms with E-state index in [1.54, 1.807) is 14.0 Å². The molecule has 9 nitrogen and oxygen atoms in total. The Morgan fingerprint density at radius 3 is 2.45 bits per heavy atom. The number of likely N-dealkylation sites (tertiary alicyclic amines) is 1. The smallest absolute Gasteiger partial charge is 0.283 e. The average Bonchev–Trinajstić information content (AvgIpc) is 3.05. The van der Waals surface area contributed by atoms with Crippen LogP contribution in [0.4, 0.5) is 11.4 Å². The van der Waals surface area contributed by atoms with E-state index in [1.165, 1.54) is 42.5 Å². The van der Waals surface area contributed by atoms with Gasteiger partial charge in [-0.3, -0.25) is 14.9 Å². The summed E-state index contributed by atoms with van der Waals surface area (Å²) in [6.07, 6.45) is 1.50. The molecule has 10 heteroatoms. The van der Waals surface area contributed by atoms with Crippen molar-refractivity contribution in [2.75, 3.05) is 18.9 Å². The third-order valence-electron chi connectivity index (χ3n) is 4.63. The van der Waals surface area contributed by atoms with Gasteiger partial charge in [0.25, 0.3) is 21.6 Å². The number of hydrogen-bond acceptors (Lipinski definition) is 5. The Morgan fingerprint density at radius 1 is 1.21 bits per heavy atom. The Kier molecular flexibility index (Phi) is 5.64. The summed E-state index contributed by atoms with van der Waals surface area (Å²) in [7, 11) is -2.02. The van der Waals surface area contributed by atoms with Gasteiger partial charge < -0.3 is 10.2 Å². The summed E-state index contributed by atoms with van der Waals surface area (Å²) in [5, 5.41) is 13.5. The van der Waals surface area contributed by atoms with E-state index in [0.29, 0.717) is 23.5 Å². The van der Waals surface area contributed by atoms with E-state index in [4.69, 9.17) is 0 Å². The summed E-state index contributed by atoms with van der Waals surface area (Å²) in [6, 6.07) is 9.78. The molecule has 0 radical (unpaired) electrons. The lowest BCUT2D eigenvalue weighted by Crippen LogP contribution is -2.20. The van der Waals surface area contributed by atoms with Crippen LogP contribution in [0.25, 0.3) is 0 Å². The number of hydrogen-bond donors (Lipinski definition) is 1. The van der Waals surface area contributed by atoms with Crippen molar-refractivity contribution in [1.82, 2.24) is 4.90 Å². The number of nitrogens with one attached hydrogen (secondary N) is 1. The molecule has 1 amide bonds. The molecule has 0 saturated carbocycles. The number of nitro benzene ring substituents is 1. The lowest BCUT2D eigenvalue weighted by molar-refractivity contribution is -0.385. The predicted octanol–water partition coefficient (Wildman–Crippen LogP) is 2.97. The van der Waals surface area contributed by atoms with E-state index < -0.39 is 20.9 Å². The molecule has 2 aromatic carbocycles. The van der Waals surface area contributed by atoms with Gasteiger partial charge in [0.2, 0.25) is 0 Å². The molecule has 2 aromatic rings. The Morgan fingerprint density at radius 2 is 1.90 bits per heavy atom. The fourth-order valence-electron chi connectivity index (χ4n) is 3.02. The molecule has 1 heterocycles. The van der Waals surface area contributed by atoms with Crippen LogP contribution in [0, 0.1) is 17.0 Å². The molecule has 1 N–H and O–H groups in total. The average molecular weight is 416 g/mol. The van der Waals surface area contributed by atoms with Crippen LogP contribution in [0.15, 0.2) is 51.8 Å². The van der Waals surface area contributed by atoms with Crippen LogP contribution in [0.2, 0.25) is 0 Å². The standard InChI is InChI=1S/C19H20N4O5S/c1-13-12-14(5-10-17(13)23(25)26)19(24)20-15-6-8-16(9-7-15)29(27,28)21-18-4-3-11-22(18)2/h5-10,12H,3-4,11H2,1-2H3,(H,20,24)/b21-18-. The summed E-state index contributed by atoms with van der Waals surface area (Å²) < 4.78 is 28.8. The van der Waals surface area contributed by atoms with Crippen LogP contribution in [-0.4, -0.2) is 43.6 Å². The van der Waals surface area contributed by atoms with Gasteiger partial charge in [0.05, 0.1) is 9.82 Å². The van der Waals surface area contributed by atoms with Gasteiger partial charge in [-0.1, -0.05) is 0 Å². The van der Waals surface area contributed by atoms with Crippen LogP contribution in [0.1, 0.15) is 28.8 Å². The lowest BCUT2D eigenvalue weighted by Gasteiger charge is -2.11. The largest absolute Gasteiger partial charge is 0.362 e. The zero-order chi connectivity index (χ0) is 21.2. The predicted molar refractivity (Wildman–Crippen MR) is 109 cm³/mol. The highest BCUT2D eigenvalue weighted by Crippen LogP contribution is 2.21. The lowest BCUT2D eigenvalue weighted by atomic mass is 10.1. The number of sulfonamides is 1. The number of nitrogens with zero attached hydrogens (tertiary/aromatic N) is 3. The van der Waals surface area contributed by atoms with Crippen molar-refractivity contribution >= 4 is 33.1 Å². The number of amidine groups is 1. The Bertz CT molecular complexity index is 1090. The van der Waals surface area contributed by atoms with Gasteiger partial charge in [0.15, 0.2) is 0 Å². The number of carbonyl (C=O) groups is 1. The Balaban J connectivity index is 1.74. The number of anilines is 1. The van der Waals surface area contributed by atoms with Crippen molar-refractivity contribution in [3.8, 4) is 0 Å². The third kappa shape index (κ3) is 4.60. The maximum atomic E-state index is 12.5. The number of carbonyl (C=O) groups excluding carboxylic acids is 1. The molecule has 0 unspecified atom stereocenters. The first-order chi connectivity index (χ1) is 13.7. The second-order valence-electron chi connectivity index (χ2n) is 6.74. The summed E-state index contributed by atoms with van der Waals surface area (Å²) in [5.74, 6) is 0.0855. The molecular weight excluding hydrogens is 396 g/mol. The van der Waals surface area contributed by atoms with Gasteiger partial charge in [-0.05, 0) is 49.7 Å². The first-order valence-electron chi connectivity index (χ1n) is 8.89. The Labute approximate surface area is 168 Å². The molecule has 0 aliphatic carbocycles. The third-order valence-corrected chi connectivity index (χ3v) is 5.94. The number of benzene rings is 2. The molecule has 1 saturated heterocycles. The van der Waals surface area contributed by atoms with E-state index in [9.17, 15) is 23.3 Å². The summed E-state index contributed by atoms with van der Waals surface area (Å²) >= 11 is 0. The topological polar surface area (TPSA) is 122 Å². The van der Waals surface area contributed by atoms with Crippen molar-refractivity contribution < 1.29 is 18.1 Å². The second kappa shape index (κ2) is 8.00. The Hall–Kier alpha value is -3.27. The molecule has 1 fully saturated rings. The number of amides is 1.